The van der Waals surface area contributed by atoms with Crippen LogP contribution in [0.1, 0.15) is 66.2 Å². The van der Waals surface area contributed by atoms with E-state index in [2.05, 4.69) is 32.6 Å². The number of hydrogen-bond acceptors (Lipinski definition) is 1. The van der Waals surface area contributed by atoms with E-state index in [1.165, 1.54) is 45.1 Å². The van der Waals surface area contributed by atoms with Gasteiger partial charge in [0.2, 0.25) is 0 Å². The first kappa shape index (κ1) is 12.4. The zero-order valence-electron chi connectivity index (χ0n) is 11.6. The molecule has 0 amide bonds. The van der Waals surface area contributed by atoms with Crippen molar-refractivity contribution in [2.75, 3.05) is 6.54 Å². The maximum atomic E-state index is 2.84. The second-order valence-corrected chi connectivity index (χ2v) is 7.23. The van der Waals surface area contributed by atoms with Crippen molar-refractivity contribution in [2.24, 2.45) is 11.3 Å². The molecule has 1 saturated heterocycles. The largest absolute Gasteiger partial charge is 0.297 e. The second-order valence-electron chi connectivity index (χ2n) is 7.23. The van der Waals surface area contributed by atoms with Crippen LogP contribution in [0.15, 0.2) is 0 Å². The van der Waals surface area contributed by atoms with Gasteiger partial charge in [-0.15, -0.1) is 0 Å². The van der Waals surface area contributed by atoms with Gasteiger partial charge in [0.15, 0.2) is 0 Å². The molecule has 1 aliphatic carbocycles. The van der Waals surface area contributed by atoms with Crippen molar-refractivity contribution in [1.82, 2.24) is 4.90 Å². The fourth-order valence-electron chi connectivity index (χ4n) is 3.33. The average Bonchev–Trinajstić information content (AvgIpc) is 2.98. The minimum absolute atomic E-state index is 0.490. The summed E-state index contributed by atoms with van der Waals surface area (Å²) in [6.07, 6.45) is 8.67. The zero-order chi connectivity index (χ0) is 11.8. The summed E-state index contributed by atoms with van der Waals surface area (Å²) in [4.78, 5) is 2.84. The summed E-state index contributed by atoms with van der Waals surface area (Å²) in [6, 6.07) is 1.72. The molecule has 1 heterocycles. The predicted molar refractivity (Wildman–Crippen MR) is 70.6 cm³/mol. The third-order valence-corrected chi connectivity index (χ3v) is 4.35. The Balaban J connectivity index is 1.95. The molecule has 1 nitrogen and oxygen atoms in total. The van der Waals surface area contributed by atoms with Crippen LogP contribution >= 0.6 is 0 Å². The molecular weight excluding hydrogens is 194 g/mol. The predicted octanol–water partition coefficient (Wildman–Crippen LogP) is 4.08. The van der Waals surface area contributed by atoms with Crippen molar-refractivity contribution < 1.29 is 0 Å². The summed E-state index contributed by atoms with van der Waals surface area (Å²) in [6.45, 7) is 11.0. The van der Waals surface area contributed by atoms with Crippen LogP contribution in [0.25, 0.3) is 0 Å². The van der Waals surface area contributed by atoms with E-state index in [-0.39, 0.29) is 0 Å². The lowest BCUT2D eigenvalue weighted by Crippen LogP contribution is -2.47. The summed E-state index contributed by atoms with van der Waals surface area (Å²) < 4.78 is 0. The second kappa shape index (κ2) is 4.68. The molecule has 0 spiro atoms. The molecule has 0 N–H and O–H groups in total. The molecule has 94 valence electrons. The maximum absolute atomic E-state index is 2.84. The van der Waals surface area contributed by atoms with Crippen LogP contribution in [0, 0.1) is 11.3 Å². The van der Waals surface area contributed by atoms with E-state index in [9.17, 15) is 0 Å². The monoisotopic (exact) mass is 223 g/mol. The molecule has 2 atom stereocenters. The fraction of sp³-hybridized carbons (Fsp3) is 1.00. The van der Waals surface area contributed by atoms with Gasteiger partial charge in [-0.1, -0.05) is 27.2 Å². The molecule has 2 aliphatic rings. The Morgan fingerprint density at radius 1 is 1.12 bits per heavy atom. The highest BCUT2D eigenvalue weighted by Crippen LogP contribution is 2.39. The molecule has 2 rings (SSSR count). The lowest BCUT2D eigenvalue weighted by Gasteiger charge is -2.42. The van der Waals surface area contributed by atoms with Crippen molar-refractivity contribution in [2.45, 2.75) is 78.3 Å². The van der Waals surface area contributed by atoms with Crippen LogP contribution < -0.4 is 0 Å². The van der Waals surface area contributed by atoms with E-state index >= 15 is 0 Å². The molecule has 2 unspecified atom stereocenters. The van der Waals surface area contributed by atoms with Crippen molar-refractivity contribution in [3.05, 3.63) is 0 Å². The molecule has 0 aromatic heterocycles. The van der Waals surface area contributed by atoms with E-state index in [1.54, 1.807) is 0 Å². The molecule has 16 heavy (non-hydrogen) atoms. The molecule has 0 aromatic carbocycles. The van der Waals surface area contributed by atoms with Gasteiger partial charge in [-0.2, -0.15) is 0 Å². The smallest absolute Gasteiger partial charge is 0.0103 e. The van der Waals surface area contributed by atoms with Crippen molar-refractivity contribution >= 4 is 0 Å². The summed E-state index contributed by atoms with van der Waals surface area (Å²) in [5.74, 6) is 1.03. The van der Waals surface area contributed by atoms with Crippen LogP contribution in [-0.2, 0) is 0 Å². The molecule has 1 saturated carbocycles. The van der Waals surface area contributed by atoms with Gasteiger partial charge in [-0.05, 0) is 56.9 Å². The molecular formula is C15H29N. The Kier molecular flexibility index (Phi) is 3.63. The summed E-state index contributed by atoms with van der Waals surface area (Å²) in [5, 5.41) is 0. The normalized spacial score (nSPS) is 30.4. The van der Waals surface area contributed by atoms with Crippen molar-refractivity contribution in [3.8, 4) is 0 Å². The van der Waals surface area contributed by atoms with E-state index < -0.39 is 0 Å². The van der Waals surface area contributed by atoms with Gasteiger partial charge in [-0.3, -0.25) is 4.90 Å². The van der Waals surface area contributed by atoms with Crippen LogP contribution in [0.4, 0.5) is 0 Å². The molecule has 0 radical (unpaired) electrons. The Morgan fingerprint density at radius 2 is 1.81 bits per heavy atom. The SMILES string of the molecule is CC(C1CC1)N1CCCCC1CC(C)(C)C. The first-order valence-corrected chi connectivity index (χ1v) is 7.23. The molecule has 1 aliphatic heterocycles. The Bertz CT molecular complexity index is 224. The first-order valence-electron chi connectivity index (χ1n) is 7.23. The highest BCUT2D eigenvalue weighted by atomic mass is 15.2. The number of rotatable bonds is 3. The van der Waals surface area contributed by atoms with E-state index in [4.69, 9.17) is 0 Å². The summed E-state index contributed by atoms with van der Waals surface area (Å²) in [5.41, 5.74) is 0.490. The lowest BCUT2D eigenvalue weighted by molar-refractivity contribution is 0.0648. The minimum Gasteiger partial charge on any atom is -0.297 e. The van der Waals surface area contributed by atoms with Crippen LogP contribution in [0.3, 0.4) is 0 Å². The summed E-state index contributed by atoms with van der Waals surface area (Å²) >= 11 is 0. The van der Waals surface area contributed by atoms with Gasteiger partial charge in [-0.25, -0.2) is 0 Å². The van der Waals surface area contributed by atoms with Crippen molar-refractivity contribution in [1.29, 1.82) is 0 Å². The highest BCUT2D eigenvalue weighted by Gasteiger charge is 2.37. The fourth-order valence-corrected chi connectivity index (χ4v) is 3.33. The van der Waals surface area contributed by atoms with E-state index in [0.29, 0.717) is 5.41 Å². The Morgan fingerprint density at radius 3 is 2.38 bits per heavy atom. The third kappa shape index (κ3) is 3.23. The topological polar surface area (TPSA) is 3.24 Å². The lowest BCUT2D eigenvalue weighted by atomic mass is 9.83. The molecule has 0 aromatic rings. The number of piperidine rings is 1. The van der Waals surface area contributed by atoms with Gasteiger partial charge in [0.1, 0.15) is 0 Å². The maximum Gasteiger partial charge on any atom is 0.0103 e. The van der Waals surface area contributed by atoms with E-state index in [1.807, 2.05) is 0 Å². The first-order chi connectivity index (χ1) is 7.47. The van der Waals surface area contributed by atoms with Gasteiger partial charge in [0.25, 0.3) is 0 Å². The number of likely N-dealkylation sites (tertiary alicyclic amines) is 1. The Labute approximate surface area is 102 Å². The van der Waals surface area contributed by atoms with Gasteiger partial charge in [0.05, 0.1) is 0 Å². The van der Waals surface area contributed by atoms with E-state index in [0.717, 1.165) is 18.0 Å². The highest BCUT2D eigenvalue weighted by molar-refractivity contribution is 4.91. The number of hydrogen-bond donors (Lipinski definition) is 0. The van der Waals surface area contributed by atoms with Crippen LogP contribution in [0.5, 0.6) is 0 Å². The number of nitrogens with zero attached hydrogens (tertiary/aromatic N) is 1. The zero-order valence-corrected chi connectivity index (χ0v) is 11.6. The van der Waals surface area contributed by atoms with Crippen LogP contribution in [-0.4, -0.2) is 23.5 Å². The molecule has 1 heteroatoms. The van der Waals surface area contributed by atoms with Crippen molar-refractivity contribution in [3.63, 3.8) is 0 Å². The quantitative estimate of drug-likeness (QED) is 0.697. The van der Waals surface area contributed by atoms with Gasteiger partial charge >= 0.3 is 0 Å². The minimum atomic E-state index is 0.490. The van der Waals surface area contributed by atoms with Gasteiger partial charge in [0, 0.05) is 12.1 Å². The molecule has 2 fully saturated rings. The molecule has 0 bridgehead atoms. The standard InChI is InChI=1S/C15H29N/c1-12(13-8-9-13)16-10-6-5-7-14(16)11-15(2,3)4/h12-14H,5-11H2,1-4H3. The van der Waals surface area contributed by atoms with Gasteiger partial charge < -0.3 is 0 Å². The Hall–Kier alpha value is -0.0400. The summed E-state index contributed by atoms with van der Waals surface area (Å²) in [7, 11) is 0. The third-order valence-electron chi connectivity index (χ3n) is 4.35. The van der Waals surface area contributed by atoms with Crippen LogP contribution in [0.2, 0.25) is 0 Å². The average molecular weight is 223 g/mol.